The van der Waals surface area contributed by atoms with Crippen molar-refractivity contribution in [2.24, 2.45) is 5.92 Å². The minimum absolute atomic E-state index is 0.276. The van der Waals surface area contributed by atoms with Crippen LogP contribution in [0.5, 0.6) is 0 Å². The quantitative estimate of drug-likeness (QED) is 0.533. The van der Waals surface area contributed by atoms with E-state index in [1.165, 1.54) is 0 Å². The topological polar surface area (TPSA) is 140 Å². The number of alkyl halides is 1. The van der Waals surface area contributed by atoms with Crippen LogP contribution in [0.3, 0.4) is 0 Å². The molecule has 3 N–H and O–H groups in total. The number of rotatable bonds is 5. The lowest BCUT2D eigenvalue weighted by molar-refractivity contribution is -0.207. The fourth-order valence-electron chi connectivity index (χ4n) is 3.53. The first kappa shape index (κ1) is 20.6. The lowest BCUT2D eigenvalue weighted by Gasteiger charge is -2.21. The summed E-state index contributed by atoms with van der Waals surface area (Å²) in [7, 11) is 0. The molecular formula is C17H23FN2O8. The summed E-state index contributed by atoms with van der Waals surface area (Å²) in [5.41, 5.74) is -1.79. The van der Waals surface area contributed by atoms with Crippen LogP contribution in [0.4, 0.5) is 4.39 Å². The van der Waals surface area contributed by atoms with Crippen molar-refractivity contribution >= 4 is 5.97 Å². The van der Waals surface area contributed by atoms with E-state index in [0.29, 0.717) is 22.0 Å². The zero-order valence-corrected chi connectivity index (χ0v) is 15.1. The number of hydrogen-bond acceptors (Lipinski definition) is 8. The number of halogens is 1. The molecule has 1 aliphatic heterocycles. The van der Waals surface area contributed by atoms with Gasteiger partial charge in [-0.05, 0) is 12.8 Å². The molecule has 2 heterocycles. The van der Waals surface area contributed by atoms with Gasteiger partial charge in [-0.2, -0.15) is 0 Å². The Morgan fingerprint density at radius 3 is 2.57 bits per heavy atom. The lowest BCUT2D eigenvalue weighted by Crippen LogP contribution is -2.44. The molecule has 0 bridgehead atoms. The van der Waals surface area contributed by atoms with Gasteiger partial charge in [-0.15, -0.1) is 0 Å². The van der Waals surface area contributed by atoms with Gasteiger partial charge in [-0.3, -0.25) is 14.2 Å². The molecule has 11 heteroatoms. The monoisotopic (exact) mass is 402 g/mol. The van der Waals surface area contributed by atoms with Crippen LogP contribution < -0.4 is 11.2 Å². The van der Waals surface area contributed by atoms with Crippen LogP contribution in [0, 0.1) is 5.92 Å². The van der Waals surface area contributed by atoms with Crippen molar-refractivity contribution in [3.8, 4) is 0 Å². The summed E-state index contributed by atoms with van der Waals surface area (Å²) in [4.78, 5) is 36.7. The Balaban J connectivity index is 1.80. The Bertz CT molecular complexity index is 833. The van der Waals surface area contributed by atoms with Crippen LogP contribution in [0.25, 0.3) is 0 Å². The molecule has 0 unspecified atom stereocenters. The van der Waals surface area contributed by atoms with Gasteiger partial charge in [0.1, 0.15) is 18.8 Å². The maximum atomic E-state index is 14.3. The average Bonchev–Trinajstić information content (AvgIpc) is 2.93. The van der Waals surface area contributed by atoms with Gasteiger partial charge in [0, 0.05) is 12.3 Å². The molecule has 0 amide bonds. The molecule has 28 heavy (non-hydrogen) atoms. The van der Waals surface area contributed by atoms with E-state index in [0.717, 1.165) is 31.5 Å². The summed E-state index contributed by atoms with van der Waals surface area (Å²) in [5, 5.41) is 28.8. The van der Waals surface area contributed by atoms with Crippen molar-refractivity contribution in [1.82, 2.24) is 9.13 Å². The highest BCUT2D eigenvalue weighted by Crippen LogP contribution is 2.37. The van der Waals surface area contributed by atoms with Crippen LogP contribution in [-0.4, -0.2) is 55.1 Å². The van der Waals surface area contributed by atoms with Gasteiger partial charge in [0.15, 0.2) is 13.0 Å². The first-order valence-corrected chi connectivity index (χ1v) is 9.11. The third-order valence-electron chi connectivity index (χ3n) is 5.23. The number of carbonyl (C=O) groups is 1. The van der Waals surface area contributed by atoms with E-state index >= 15 is 0 Å². The molecule has 0 spiro atoms. The fraction of sp³-hybridized carbons (Fsp3) is 0.706. The van der Waals surface area contributed by atoms with E-state index in [2.05, 4.69) is 0 Å². The number of esters is 1. The second-order valence-electron chi connectivity index (χ2n) is 7.09. The predicted molar refractivity (Wildman–Crippen MR) is 90.7 cm³/mol. The van der Waals surface area contributed by atoms with E-state index in [1.54, 1.807) is 0 Å². The number of carbonyl (C=O) groups excluding carboxylic acids is 1. The van der Waals surface area contributed by atoms with Crippen molar-refractivity contribution < 1.29 is 34.0 Å². The van der Waals surface area contributed by atoms with Crippen molar-refractivity contribution in [3.05, 3.63) is 33.1 Å². The zero-order valence-electron chi connectivity index (χ0n) is 15.1. The Kier molecular flexibility index (Phi) is 5.98. The van der Waals surface area contributed by atoms with E-state index in [9.17, 15) is 29.0 Å². The molecule has 0 radical (unpaired) electrons. The first-order chi connectivity index (χ1) is 13.3. The summed E-state index contributed by atoms with van der Waals surface area (Å²) < 4.78 is 25.5. The minimum atomic E-state index is -2.96. The largest absolute Gasteiger partial charge is 0.443 e. The molecule has 1 saturated carbocycles. The maximum absolute atomic E-state index is 14.3. The van der Waals surface area contributed by atoms with Crippen LogP contribution in [0.15, 0.2) is 21.9 Å². The highest BCUT2D eigenvalue weighted by Gasteiger charge is 2.56. The van der Waals surface area contributed by atoms with Crippen molar-refractivity contribution in [2.75, 3.05) is 6.61 Å². The summed E-state index contributed by atoms with van der Waals surface area (Å²) in [6.45, 7) is -1.88. The van der Waals surface area contributed by atoms with Crippen molar-refractivity contribution in [2.45, 2.75) is 63.1 Å². The number of aromatic nitrogens is 2. The summed E-state index contributed by atoms with van der Waals surface area (Å²) in [5.74, 6) is -3.74. The van der Waals surface area contributed by atoms with E-state index < -0.39 is 54.8 Å². The molecule has 10 nitrogen and oxygen atoms in total. The summed E-state index contributed by atoms with van der Waals surface area (Å²) in [6, 6.07) is 0.954. The smallest absolute Gasteiger partial charge is 0.335 e. The zero-order chi connectivity index (χ0) is 20.5. The number of nitrogens with zero attached hydrogens (tertiary/aromatic N) is 2. The number of aliphatic hydroxyl groups excluding tert-OH is 3. The Hall–Kier alpha value is -2.08. The van der Waals surface area contributed by atoms with Gasteiger partial charge in [-0.1, -0.05) is 19.3 Å². The average molecular weight is 402 g/mol. The van der Waals surface area contributed by atoms with Crippen molar-refractivity contribution in [1.29, 1.82) is 0 Å². The van der Waals surface area contributed by atoms with Gasteiger partial charge in [0.2, 0.25) is 0 Å². The van der Waals surface area contributed by atoms with Gasteiger partial charge >= 0.3 is 11.7 Å². The van der Waals surface area contributed by atoms with Crippen molar-refractivity contribution in [3.63, 3.8) is 0 Å². The van der Waals surface area contributed by atoms with Crippen LogP contribution in [-0.2, 0) is 21.0 Å². The van der Waals surface area contributed by atoms with Gasteiger partial charge in [-0.25, -0.2) is 13.8 Å². The van der Waals surface area contributed by atoms with Crippen LogP contribution >= 0.6 is 0 Å². The van der Waals surface area contributed by atoms with Gasteiger partial charge in [0.25, 0.3) is 11.4 Å². The molecule has 2 aliphatic rings. The molecule has 1 saturated heterocycles. The molecule has 1 aromatic heterocycles. The Morgan fingerprint density at radius 2 is 1.96 bits per heavy atom. The van der Waals surface area contributed by atoms with Crippen LogP contribution in [0.2, 0.25) is 0 Å². The molecule has 4 atom stereocenters. The Labute approximate surface area is 158 Å². The Morgan fingerprint density at radius 1 is 1.29 bits per heavy atom. The van der Waals surface area contributed by atoms with E-state index in [1.807, 2.05) is 0 Å². The van der Waals surface area contributed by atoms with Crippen LogP contribution in [0.1, 0.15) is 38.3 Å². The number of aliphatic hydroxyl groups is 3. The van der Waals surface area contributed by atoms with E-state index in [4.69, 9.17) is 14.6 Å². The van der Waals surface area contributed by atoms with E-state index in [-0.39, 0.29) is 5.92 Å². The third kappa shape index (κ3) is 3.75. The molecule has 0 aromatic carbocycles. The predicted octanol–water partition coefficient (Wildman–Crippen LogP) is -1.00. The molecule has 1 aromatic rings. The summed E-state index contributed by atoms with van der Waals surface area (Å²) >= 11 is 0. The lowest BCUT2D eigenvalue weighted by atomic mass is 9.89. The second kappa shape index (κ2) is 8.11. The highest BCUT2D eigenvalue weighted by atomic mass is 19.2. The highest BCUT2D eigenvalue weighted by molar-refractivity contribution is 5.72. The van der Waals surface area contributed by atoms with Gasteiger partial charge < -0.3 is 24.8 Å². The SMILES string of the molecule is O=C(OCn1c(=O)ccn([C@@H]2O[C@](F)(CO)[C@@H](O)[C@H]2O)c1=O)C1CCCCC1. The van der Waals surface area contributed by atoms with Gasteiger partial charge in [0.05, 0.1) is 5.92 Å². The normalized spacial score (nSPS) is 31.1. The fourth-order valence-corrected chi connectivity index (χ4v) is 3.53. The standard InChI is InChI=1S/C17H23FN2O8/c18-17(8-21)13(24)12(23)14(28-17)19-7-6-11(22)20(16(19)26)9-27-15(25)10-4-2-1-3-5-10/h6-7,10,12-14,21,23-24H,1-5,8-9H2/t12-,13+,14-,17-/m1/s1. The molecule has 156 valence electrons. The number of hydrogen-bond donors (Lipinski definition) is 3. The molecular weight excluding hydrogens is 379 g/mol. The third-order valence-corrected chi connectivity index (χ3v) is 5.23. The second-order valence-corrected chi connectivity index (χ2v) is 7.09. The minimum Gasteiger partial charge on any atom is -0.443 e. The maximum Gasteiger partial charge on any atom is 0.335 e. The molecule has 1 aliphatic carbocycles. The first-order valence-electron chi connectivity index (χ1n) is 9.11. The molecule has 3 rings (SSSR count). The summed E-state index contributed by atoms with van der Waals surface area (Å²) in [6.07, 6.45) is -0.441. The number of ether oxygens (including phenoxy) is 2. The molecule has 2 fully saturated rings.